The summed E-state index contributed by atoms with van der Waals surface area (Å²) in [6.07, 6.45) is 1.53. The smallest absolute Gasteiger partial charge is 0.326 e. The minimum Gasteiger partial charge on any atom is -0.481 e. The summed E-state index contributed by atoms with van der Waals surface area (Å²) in [6, 6.07) is 8.70. The number of rotatable bonds is 15. The lowest BCUT2D eigenvalue weighted by Crippen LogP contribution is -2.51. The molecule has 1 aliphatic heterocycles. The maximum absolute atomic E-state index is 13.1. The third kappa shape index (κ3) is 10.5. The first-order valence-electron chi connectivity index (χ1n) is 15.7. The van der Waals surface area contributed by atoms with E-state index in [1.807, 2.05) is 0 Å². The number of urea groups is 2. The molecule has 2 unspecified atom stereocenters. The number of carboxylic acid groups (broad SMARTS) is 3. The number of aliphatic carboxylic acids is 3. The van der Waals surface area contributed by atoms with E-state index in [1.54, 1.807) is 69.2 Å². The molecule has 1 aromatic heterocycles. The first kappa shape index (κ1) is 36.8. The first-order chi connectivity index (χ1) is 23.9. The molecule has 3 aromatic rings. The predicted octanol–water partition coefficient (Wildman–Crippen LogP) is 1.77. The number of benzene rings is 2. The molecule has 0 aliphatic carbocycles. The Balaban J connectivity index is 1.24. The second-order valence-corrected chi connectivity index (χ2v) is 11.4. The van der Waals surface area contributed by atoms with Crippen molar-refractivity contribution in [3.63, 3.8) is 0 Å². The van der Waals surface area contributed by atoms with Gasteiger partial charge in [0, 0.05) is 50.3 Å². The van der Waals surface area contributed by atoms with Gasteiger partial charge < -0.3 is 41.1 Å². The van der Waals surface area contributed by atoms with Crippen LogP contribution in [0.5, 0.6) is 0 Å². The molecule has 1 aliphatic rings. The van der Waals surface area contributed by atoms with Crippen LogP contribution in [0.1, 0.15) is 40.9 Å². The zero-order valence-electron chi connectivity index (χ0n) is 26.8. The number of hydrogen-bond acceptors (Lipinski definition) is 8. The number of piperazine rings is 1. The van der Waals surface area contributed by atoms with Crippen LogP contribution < -0.4 is 16.0 Å². The van der Waals surface area contributed by atoms with Crippen molar-refractivity contribution in [2.45, 2.75) is 44.2 Å². The number of anilines is 1. The molecule has 5 amide bonds. The molecule has 4 rings (SSSR count). The largest absolute Gasteiger partial charge is 0.481 e. The van der Waals surface area contributed by atoms with Gasteiger partial charge >= 0.3 is 30.0 Å². The van der Waals surface area contributed by atoms with Gasteiger partial charge in [-0.15, -0.1) is 5.10 Å². The van der Waals surface area contributed by atoms with E-state index in [0.29, 0.717) is 67.2 Å². The molecule has 2 atom stereocenters. The number of nitrogens with zero attached hydrogens (tertiary/aromatic N) is 5. The predicted molar refractivity (Wildman–Crippen MR) is 174 cm³/mol. The van der Waals surface area contributed by atoms with E-state index in [-0.39, 0.29) is 24.8 Å². The zero-order chi connectivity index (χ0) is 36.2. The van der Waals surface area contributed by atoms with E-state index >= 15 is 0 Å². The highest BCUT2D eigenvalue weighted by atomic mass is 19.1. The van der Waals surface area contributed by atoms with Crippen LogP contribution in [0.3, 0.4) is 0 Å². The van der Waals surface area contributed by atoms with Gasteiger partial charge in [0.15, 0.2) is 0 Å². The Morgan fingerprint density at radius 3 is 2.04 bits per heavy atom. The van der Waals surface area contributed by atoms with Crippen molar-refractivity contribution >= 4 is 41.6 Å². The molecule has 0 saturated carbocycles. The number of carboxylic acids is 3. The van der Waals surface area contributed by atoms with Crippen LogP contribution in [0.2, 0.25) is 0 Å². The zero-order valence-corrected chi connectivity index (χ0v) is 26.8. The fraction of sp³-hybridized carbons (Fsp3) is 0.375. The number of alkyl halides is 1. The highest BCUT2D eigenvalue weighted by Gasteiger charge is 2.27. The van der Waals surface area contributed by atoms with Crippen molar-refractivity contribution in [3.8, 4) is 5.69 Å². The van der Waals surface area contributed by atoms with Crippen molar-refractivity contribution in [3.05, 3.63) is 71.5 Å². The van der Waals surface area contributed by atoms with Gasteiger partial charge in [-0.05, 0) is 61.2 Å². The summed E-state index contributed by atoms with van der Waals surface area (Å²) >= 11 is 0. The van der Waals surface area contributed by atoms with Crippen LogP contribution in [0.25, 0.3) is 5.69 Å². The molecule has 17 nitrogen and oxygen atoms in total. The molecule has 1 fully saturated rings. The second-order valence-electron chi connectivity index (χ2n) is 11.4. The Bertz CT molecular complexity index is 1680. The van der Waals surface area contributed by atoms with E-state index in [1.165, 1.54) is 0 Å². The van der Waals surface area contributed by atoms with Crippen molar-refractivity contribution in [2.75, 3.05) is 38.2 Å². The fourth-order valence-corrected chi connectivity index (χ4v) is 5.08. The number of hydrogen-bond donors (Lipinski definition) is 6. The SMILES string of the molecule is O=C(O)CCC(NC(=O)NC(Cc1ccc(NC(=O)N2CCN(C(=O)c3ccc(-n4cc(CCCF)nn4)cc3)CC2)cc1)C(=O)O)C(=O)O. The van der Waals surface area contributed by atoms with Crippen molar-refractivity contribution < 1.29 is 48.5 Å². The molecule has 2 heterocycles. The van der Waals surface area contributed by atoms with Crippen LogP contribution in [0.4, 0.5) is 19.7 Å². The average molecular weight is 697 g/mol. The van der Waals surface area contributed by atoms with E-state index in [0.717, 1.165) is 0 Å². The molecule has 18 heteroatoms. The third-order valence-corrected chi connectivity index (χ3v) is 7.84. The van der Waals surface area contributed by atoms with Crippen LogP contribution in [-0.2, 0) is 27.2 Å². The topological polar surface area (TPSA) is 236 Å². The number of aromatic nitrogens is 3. The van der Waals surface area contributed by atoms with E-state index < -0.39 is 49.1 Å². The number of carbonyl (C=O) groups excluding carboxylic acids is 3. The lowest BCUT2D eigenvalue weighted by atomic mass is 10.1. The summed E-state index contributed by atoms with van der Waals surface area (Å²) in [5.74, 6) is -4.27. The van der Waals surface area contributed by atoms with E-state index in [2.05, 4.69) is 26.3 Å². The van der Waals surface area contributed by atoms with Crippen LogP contribution in [-0.4, -0.2) is 121 Å². The minimum absolute atomic E-state index is 0.161. The summed E-state index contributed by atoms with van der Waals surface area (Å²) < 4.78 is 14.0. The van der Waals surface area contributed by atoms with Gasteiger partial charge in [-0.25, -0.2) is 23.9 Å². The van der Waals surface area contributed by atoms with Gasteiger partial charge in [0.1, 0.15) is 12.1 Å². The minimum atomic E-state index is -1.52. The first-order valence-corrected chi connectivity index (χ1v) is 15.7. The Kier molecular flexibility index (Phi) is 12.8. The lowest BCUT2D eigenvalue weighted by molar-refractivity contribution is -0.140. The Morgan fingerprint density at radius 1 is 0.820 bits per heavy atom. The van der Waals surface area contributed by atoms with Gasteiger partial charge in [-0.2, -0.15) is 0 Å². The number of aryl methyl sites for hydroxylation is 1. The molecular weight excluding hydrogens is 659 g/mol. The fourth-order valence-electron chi connectivity index (χ4n) is 5.08. The molecule has 6 N–H and O–H groups in total. The molecular formula is C32H37FN8O9. The maximum atomic E-state index is 13.1. The molecule has 1 saturated heterocycles. The van der Waals surface area contributed by atoms with Crippen molar-refractivity contribution in [1.82, 2.24) is 35.4 Å². The van der Waals surface area contributed by atoms with Crippen molar-refractivity contribution in [2.24, 2.45) is 0 Å². The van der Waals surface area contributed by atoms with Gasteiger partial charge in [-0.1, -0.05) is 17.3 Å². The van der Waals surface area contributed by atoms with Crippen molar-refractivity contribution in [1.29, 1.82) is 0 Å². The number of amides is 5. The van der Waals surface area contributed by atoms with E-state index in [9.17, 15) is 43.4 Å². The molecule has 2 aromatic carbocycles. The third-order valence-electron chi connectivity index (χ3n) is 7.84. The Labute approximate surface area is 285 Å². The van der Waals surface area contributed by atoms with Crippen LogP contribution in [0.15, 0.2) is 54.7 Å². The molecule has 266 valence electrons. The number of halogens is 1. The molecule has 0 spiro atoms. The summed E-state index contributed by atoms with van der Waals surface area (Å²) in [7, 11) is 0. The lowest BCUT2D eigenvalue weighted by Gasteiger charge is -2.34. The summed E-state index contributed by atoms with van der Waals surface area (Å²) in [4.78, 5) is 75.3. The van der Waals surface area contributed by atoms with Gasteiger partial charge in [-0.3, -0.25) is 14.0 Å². The quantitative estimate of drug-likeness (QED) is 0.134. The summed E-state index contributed by atoms with van der Waals surface area (Å²) in [5, 5.41) is 42.6. The van der Waals surface area contributed by atoms with Crippen LogP contribution >= 0.6 is 0 Å². The second kappa shape index (κ2) is 17.4. The molecule has 50 heavy (non-hydrogen) atoms. The van der Waals surface area contributed by atoms with Crippen LogP contribution in [0, 0.1) is 0 Å². The van der Waals surface area contributed by atoms with E-state index in [4.69, 9.17) is 5.11 Å². The Hall–Kier alpha value is -6.07. The highest BCUT2D eigenvalue weighted by molar-refractivity contribution is 5.95. The Morgan fingerprint density at radius 2 is 1.44 bits per heavy atom. The highest BCUT2D eigenvalue weighted by Crippen LogP contribution is 2.16. The normalized spacial score (nSPS) is 13.9. The summed E-state index contributed by atoms with van der Waals surface area (Å²) in [5.41, 5.74) is 2.79. The standard InChI is InChI=1S/C32H37FN8O9/c33-13-1-2-23-19-41(38-37-23)24-9-5-21(6-10-24)28(44)39-14-16-40(17-15-39)32(50)34-22-7-3-20(4-8-22)18-26(30(47)48)36-31(49)35-25(29(45)46)11-12-27(42)43/h3-10,19,25-26H,1-2,11-18H2,(H,34,50)(H,42,43)(H,45,46)(H,47,48)(H2,35,36,49). The molecule has 0 radical (unpaired) electrons. The monoisotopic (exact) mass is 696 g/mol. The maximum Gasteiger partial charge on any atom is 0.326 e. The average Bonchev–Trinajstić information content (AvgIpc) is 3.58. The summed E-state index contributed by atoms with van der Waals surface area (Å²) in [6.45, 7) is 0.792. The number of carbonyl (C=O) groups is 6. The van der Waals surface area contributed by atoms with Gasteiger partial charge in [0.25, 0.3) is 5.91 Å². The number of nitrogens with one attached hydrogen (secondary N) is 3. The van der Waals surface area contributed by atoms with Gasteiger partial charge in [0.05, 0.1) is 24.3 Å². The molecule has 0 bridgehead atoms. The van der Waals surface area contributed by atoms with Gasteiger partial charge in [0.2, 0.25) is 0 Å².